The minimum Gasteiger partial charge on any atom is -0.492 e. The summed E-state index contributed by atoms with van der Waals surface area (Å²) in [5, 5.41) is 3.26. The topological polar surface area (TPSA) is 38.3 Å². The molecule has 90 valence electrons. The first-order valence-corrected chi connectivity index (χ1v) is 6.37. The molecule has 0 saturated heterocycles. The predicted octanol–water partition coefficient (Wildman–Crippen LogP) is 3.42. The average Bonchev–Trinajstić information content (AvgIpc) is 2.29. The second-order valence-electron chi connectivity index (χ2n) is 3.80. The van der Waals surface area contributed by atoms with Crippen LogP contribution in [0.1, 0.15) is 20.8 Å². The van der Waals surface area contributed by atoms with Gasteiger partial charge in [0.2, 0.25) is 0 Å². The lowest BCUT2D eigenvalue weighted by molar-refractivity contribution is -0.113. The smallest absolute Gasteiger partial charge is 0.168 e. The number of para-hydroxylation sites is 1. The van der Waals surface area contributed by atoms with Gasteiger partial charge in [-0.05, 0) is 32.9 Å². The van der Waals surface area contributed by atoms with Crippen LogP contribution in [0.25, 0.3) is 0 Å². The fourth-order valence-electron chi connectivity index (χ4n) is 1.76. The summed E-state index contributed by atoms with van der Waals surface area (Å²) in [5.74, 6) is 0.923. The first-order valence-electron chi connectivity index (χ1n) is 5.56. The molecule has 1 aliphatic rings. The molecule has 1 aromatic carbocycles. The molecule has 2 rings (SSSR count). The number of allylic oxidation sites excluding steroid dienone is 2. The number of rotatable bonds is 3. The molecule has 0 bridgehead atoms. The van der Waals surface area contributed by atoms with Gasteiger partial charge in [0.25, 0.3) is 0 Å². The molecule has 0 aromatic heterocycles. The van der Waals surface area contributed by atoms with E-state index in [1.165, 1.54) is 11.8 Å². The van der Waals surface area contributed by atoms with Crippen molar-refractivity contribution in [3.05, 3.63) is 28.8 Å². The van der Waals surface area contributed by atoms with E-state index in [4.69, 9.17) is 4.74 Å². The zero-order valence-corrected chi connectivity index (χ0v) is 11.0. The Kier molecular flexibility index (Phi) is 3.43. The number of thioether (sulfide) groups is 1. The number of ether oxygens (including phenoxy) is 1. The molecule has 0 radical (unpaired) electrons. The number of anilines is 1. The van der Waals surface area contributed by atoms with Crippen molar-refractivity contribution >= 4 is 23.2 Å². The van der Waals surface area contributed by atoms with Crippen molar-refractivity contribution in [2.45, 2.75) is 25.7 Å². The van der Waals surface area contributed by atoms with Gasteiger partial charge >= 0.3 is 0 Å². The molecule has 0 spiro atoms. The number of ketones is 1. The van der Waals surface area contributed by atoms with Crippen molar-refractivity contribution < 1.29 is 9.53 Å². The maximum absolute atomic E-state index is 11.5. The van der Waals surface area contributed by atoms with Crippen LogP contribution in [0.2, 0.25) is 0 Å². The molecule has 0 fully saturated rings. The van der Waals surface area contributed by atoms with E-state index < -0.39 is 0 Å². The number of fused-ring (bicyclic) bond motifs is 1. The largest absolute Gasteiger partial charge is 0.492 e. The summed E-state index contributed by atoms with van der Waals surface area (Å²) in [6.07, 6.45) is 0. The molecule has 1 aromatic rings. The highest BCUT2D eigenvalue weighted by atomic mass is 32.2. The average molecular weight is 249 g/mol. The Morgan fingerprint density at radius 2 is 2.24 bits per heavy atom. The molecule has 0 amide bonds. The Labute approximate surface area is 105 Å². The summed E-state index contributed by atoms with van der Waals surface area (Å²) < 4.78 is 5.56. The second kappa shape index (κ2) is 4.84. The van der Waals surface area contributed by atoms with Gasteiger partial charge in [0, 0.05) is 10.6 Å². The van der Waals surface area contributed by atoms with E-state index in [0.717, 1.165) is 26.9 Å². The van der Waals surface area contributed by atoms with Crippen LogP contribution in [0.5, 0.6) is 5.75 Å². The SMILES string of the molecule is CCOc1cccc2c1NC(C)=C(C(C)=O)S2. The summed E-state index contributed by atoms with van der Waals surface area (Å²) in [5.41, 5.74) is 1.85. The molecule has 17 heavy (non-hydrogen) atoms. The van der Waals surface area contributed by atoms with E-state index in [1.807, 2.05) is 32.0 Å². The molecule has 0 aliphatic carbocycles. The van der Waals surface area contributed by atoms with E-state index in [1.54, 1.807) is 6.92 Å². The van der Waals surface area contributed by atoms with Crippen LogP contribution in [0.3, 0.4) is 0 Å². The number of nitrogens with one attached hydrogen (secondary N) is 1. The summed E-state index contributed by atoms with van der Waals surface area (Å²) in [6, 6.07) is 5.86. The van der Waals surface area contributed by atoms with Gasteiger partial charge in [-0.15, -0.1) is 0 Å². The number of hydrogen-bond acceptors (Lipinski definition) is 4. The minimum absolute atomic E-state index is 0.0902. The molecular weight excluding hydrogens is 234 g/mol. The zero-order valence-electron chi connectivity index (χ0n) is 10.2. The Balaban J connectivity index is 2.40. The van der Waals surface area contributed by atoms with Gasteiger partial charge in [0.15, 0.2) is 5.78 Å². The minimum atomic E-state index is 0.0902. The molecule has 1 heterocycles. The molecule has 0 atom stereocenters. The highest BCUT2D eigenvalue weighted by Gasteiger charge is 2.21. The third kappa shape index (κ3) is 2.31. The van der Waals surface area contributed by atoms with Gasteiger partial charge in [-0.25, -0.2) is 0 Å². The van der Waals surface area contributed by atoms with Crippen LogP contribution in [-0.2, 0) is 4.79 Å². The molecular formula is C13H15NO2S. The van der Waals surface area contributed by atoms with Gasteiger partial charge in [-0.2, -0.15) is 0 Å². The van der Waals surface area contributed by atoms with Gasteiger partial charge in [-0.1, -0.05) is 17.8 Å². The van der Waals surface area contributed by atoms with Crippen molar-refractivity contribution in [3.63, 3.8) is 0 Å². The van der Waals surface area contributed by atoms with Gasteiger partial charge in [0.05, 0.1) is 17.2 Å². The summed E-state index contributed by atoms with van der Waals surface area (Å²) in [7, 11) is 0. The maximum atomic E-state index is 11.5. The zero-order chi connectivity index (χ0) is 12.4. The predicted molar refractivity (Wildman–Crippen MR) is 70.5 cm³/mol. The van der Waals surface area contributed by atoms with E-state index in [9.17, 15) is 4.79 Å². The summed E-state index contributed by atoms with van der Waals surface area (Å²) >= 11 is 1.50. The first kappa shape index (κ1) is 12.0. The number of benzene rings is 1. The third-order valence-electron chi connectivity index (χ3n) is 2.47. The van der Waals surface area contributed by atoms with Crippen molar-refractivity contribution in [1.82, 2.24) is 0 Å². The fraction of sp³-hybridized carbons (Fsp3) is 0.308. The van der Waals surface area contributed by atoms with E-state index in [2.05, 4.69) is 5.32 Å². The summed E-state index contributed by atoms with van der Waals surface area (Å²) in [4.78, 5) is 13.3. The lowest BCUT2D eigenvalue weighted by Gasteiger charge is -2.22. The van der Waals surface area contributed by atoms with E-state index >= 15 is 0 Å². The van der Waals surface area contributed by atoms with Crippen molar-refractivity contribution in [1.29, 1.82) is 0 Å². The lowest BCUT2D eigenvalue weighted by Crippen LogP contribution is -2.11. The first-order chi connectivity index (χ1) is 8.13. The van der Waals surface area contributed by atoms with Crippen LogP contribution in [0.15, 0.2) is 33.7 Å². The molecule has 1 N–H and O–H groups in total. The Hall–Kier alpha value is -1.42. The highest BCUT2D eigenvalue weighted by molar-refractivity contribution is 8.04. The van der Waals surface area contributed by atoms with Crippen molar-refractivity contribution in [2.24, 2.45) is 0 Å². The molecule has 3 nitrogen and oxygen atoms in total. The standard InChI is InChI=1S/C13H15NO2S/c1-4-16-10-6-5-7-11-12(10)14-8(2)13(17-11)9(3)15/h5-7,14H,4H2,1-3H3. The third-order valence-corrected chi connectivity index (χ3v) is 3.83. The highest BCUT2D eigenvalue weighted by Crippen LogP contribution is 2.44. The van der Waals surface area contributed by atoms with Gasteiger partial charge in [0.1, 0.15) is 5.75 Å². The van der Waals surface area contributed by atoms with E-state index in [0.29, 0.717) is 6.61 Å². The molecule has 4 heteroatoms. The number of carbonyl (C=O) groups excluding carboxylic acids is 1. The van der Waals surface area contributed by atoms with Crippen LogP contribution in [0, 0.1) is 0 Å². The monoisotopic (exact) mass is 249 g/mol. The van der Waals surface area contributed by atoms with Crippen LogP contribution >= 0.6 is 11.8 Å². The summed E-state index contributed by atoms with van der Waals surface area (Å²) in [6.45, 7) is 6.09. The van der Waals surface area contributed by atoms with Crippen LogP contribution in [-0.4, -0.2) is 12.4 Å². The van der Waals surface area contributed by atoms with Gasteiger partial charge in [-0.3, -0.25) is 4.79 Å². The maximum Gasteiger partial charge on any atom is 0.168 e. The molecule has 1 aliphatic heterocycles. The normalized spacial score (nSPS) is 14.1. The lowest BCUT2D eigenvalue weighted by atomic mass is 10.2. The fourth-order valence-corrected chi connectivity index (χ4v) is 2.73. The van der Waals surface area contributed by atoms with Gasteiger partial charge < -0.3 is 10.1 Å². The molecule has 0 saturated carbocycles. The Bertz CT molecular complexity index is 494. The quantitative estimate of drug-likeness (QED) is 0.890. The van der Waals surface area contributed by atoms with E-state index in [-0.39, 0.29) is 5.78 Å². The number of carbonyl (C=O) groups is 1. The molecule has 0 unspecified atom stereocenters. The van der Waals surface area contributed by atoms with Crippen molar-refractivity contribution in [3.8, 4) is 5.75 Å². The van der Waals surface area contributed by atoms with Crippen LogP contribution < -0.4 is 10.1 Å². The number of Topliss-reactive ketones (excluding diaryl/α,β-unsaturated/α-hetero) is 1. The number of hydrogen-bond donors (Lipinski definition) is 1. The van der Waals surface area contributed by atoms with Crippen LogP contribution in [0.4, 0.5) is 5.69 Å². The Morgan fingerprint density at radius 1 is 1.47 bits per heavy atom. The second-order valence-corrected chi connectivity index (χ2v) is 4.85. The van der Waals surface area contributed by atoms with Crippen molar-refractivity contribution in [2.75, 3.05) is 11.9 Å². The Morgan fingerprint density at radius 3 is 2.88 bits per heavy atom.